The molecule has 0 saturated carbocycles. The third-order valence-corrected chi connectivity index (χ3v) is 2.24. The van der Waals surface area contributed by atoms with Gasteiger partial charge >= 0.3 is 5.97 Å². The predicted molar refractivity (Wildman–Crippen MR) is 49.8 cm³/mol. The highest BCUT2D eigenvalue weighted by Crippen LogP contribution is 2.36. The Bertz CT molecular complexity index is 287. The molecule has 78 valence electrons. The Morgan fingerprint density at radius 2 is 2.14 bits per heavy atom. The van der Waals surface area contributed by atoms with Crippen molar-refractivity contribution in [1.29, 1.82) is 0 Å². The number of hydrogen-bond donors (Lipinski definition) is 1. The summed E-state index contributed by atoms with van der Waals surface area (Å²) in [5.74, 6) is -0.202. The molecule has 1 N–H and O–H groups in total. The van der Waals surface area contributed by atoms with Gasteiger partial charge in [0, 0.05) is 13.0 Å². The molecule has 2 heterocycles. The van der Waals surface area contributed by atoms with Crippen molar-refractivity contribution in [2.75, 3.05) is 6.54 Å². The van der Waals surface area contributed by atoms with Crippen molar-refractivity contribution in [3.8, 4) is 0 Å². The highest BCUT2D eigenvalue weighted by atomic mass is 16.6. The molecule has 2 rings (SSSR count). The molecule has 5 nitrogen and oxygen atoms in total. The summed E-state index contributed by atoms with van der Waals surface area (Å²) in [6.07, 6.45) is 0.641. The second-order valence-electron chi connectivity index (χ2n) is 4.85. The van der Waals surface area contributed by atoms with Gasteiger partial charge in [-0.1, -0.05) is 0 Å². The number of hydrogen-bond acceptors (Lipinski definition) is 5. The smallest absolute Gasteiger partial charge is 0.323 e. The van der Waals surface area contributed by atoms with E-state index in [-0.39, 0.29) is 17.7 Å². The van der Waals surface area contributed by atoms with Crippen molar-refractivity contribution in [2.45, 2.75) is 44.5 Å². The summed E-state index contributed by atoms with van der Waals surface area (Å²) in [7, 11) is 0. The van der Waals surface area contributed by atoms with Gasteiger partial charge in [-0.05, 0) is 20.8 Å². The van der Waals surface area contributed by atoms with Gasteiger partial charge in [0.05, 0.1) is 0 Å². The molecule has 2 aliphatic heterocycles. The average Bonchev–Trinajstić information content (AvgIpc) is 2.57. The zero-order valence-electron chi connectivity index (χ0n) is 8.70. The summed E-state index contributed by atoms with van der Waals surface area (Å²) in [5.41, 5.74) is -0.714. The van der Waals surface area contributed by atoms with Crippen LogP contribution in [0.5, 0.6) is 0 Å². The molecule has 0 unspecified atom stereocenters. The minimum absolute atomic E-state index is 0.202. The van der Waals surface area contributed by atoms with Crippen LogP contribution in [0.2, 0.25) is 0 Å². The van der Waals surface area contributed by atoms with E-state index >= 15 is 0 Å². The molecule has 1 fully saturated rings. The van der Waals surface area contributed by atoms with Crippen molar-refractivity contribution < 1.29 is 9.53 Å². The molecule has 5 heteroatoms. The molecule has 0 aliphatic carbocycles. The Morgan fingerprint density at radius 1 is 1.50 bits per heavy atom. The summed E-state index contributed by atoms with van der Waals surface area (Å²) in [6, 6.07) is -0.246. The maximum absolute atomic E-state index is 11.6. The first-order valence-corrected chi connectivity index (χ1v) is 4.81. The van der Waals surface area contributed by atoms with Crippen LogP contribution < -0.4 is 5.32 Å². The van der Waals surface area contributed by atoms with Gasteiger partial charge in [-0.2, -0.15) is 10.2 Å². The summed E-state index contributed by atoms with van der Waals surface area (Å²) in [6.45, 7) is 6.25. The van der Waals surface area contributed by atoms with Crippen molar-refractivity contribution in [3.63, 3.8) is 0 Å². The molecule has 1 atom stereocenters. The van der Waals surface area contributed by atoms with Crippen molar-refractivity contribution in [1.82, 2.24) is 5.32 Å². The number of nitrogens with one attached hydrogen (secondary N) is 1. The van der Waals surface area contributed by atoms with E-state index in [0.717, 1.165) is 0 Å². The zero-order chi connectivity index (χ0) is 10.4. The monoisotopic (exact) mass is 197 g/mol. The number of esters is 1. The molecule has 0 aromatic carbocycles. The van der Waals surface area contributed by atoms with Crippen LogP contribution in [0.4, 0.5) is 0 Å². The molecular formula is C9H15N3O2. The first kappa shape index (κ1) is 9.58. The molecule has 0 radical (unpaired) electrons. The molecular weight excluding hydrogens is 182 g/mol. The number of ether oxygens (including phenoxy) is 1. The molecule has 1 spiro atoms. The second kappa shape index (κ2) is 2.76. The van der Waals surface area contributed by atoms with Crippen LogP contribution in [0.3, 0.4) is 0 Å². The van der Waals surface area contributed by atoms with E-state index in [4.69, 9.17) is 4.74 Å². The Hall–Kier alpha value is -0.970. The van der Waals surface area contributed by atoms with Crippen molar-refractivity contribution in [3.05, 3.63) is 0 Å². The molecule has 0 bridgehead atoms. The third-order valence-electron chi connectivity index (χ3n) is 2.24. The maximum atomic E-state index is 11.6. The lowest BCUT2D eigenvalue weighted by molar-refractivity contribution is -0.157. The fraction of sp³-hybridized carbons (Fsp3) is 0.889. The lowest BCUT2D eigenvalue weighted by atomic mass is 10.1. The highest BCUT2D eigenvalue weighted by Gasteiger charge is 2.50. The minimum Gasteiger partial charge on any atom is -0.459 e. The molecule has 14 heavy (non-hydrogen) atoms. The number of carbonyl (C=O) groups excluding carboxylic acids is 1. The van der Waals surface area contributed by atoms with Crippen LogP contribution >= 0.6 is 0 Å². The number of rotatable bonds is 1. The second-order valence-corrected chi connectivity index (χ2v) is 4.85. The van der Waals surface area contributed by atoms with Gasteiger partial charge in [0.1, 0.15) is 11.6 Å². The van der Waals surface area contributed by atoms with E-state index in [1.807, 2.05) is 20.8 Å². The fourth-order valence-corrected chi connectivity index (χ4v) is 1.52. The van der Waals surface area contributed by atoms with Gasteiger partial charge in [0.15, 0.2) is 0 Å². The van der Waals surface area contributed by atoms with E-state index < -0.39 is 5.60 Å². The van der Waals surface area contributed by atoms with Crippen LogP contribution in [0.25, 0.3) is 0 Å². The molecule has 1 saturated heterocycles. The fourth-order valence-electron chi connectivity index (χ4n) is 1.52. The number of nitrogens with zero attached hydrogens (tertiary/aromatic N) is 2. The van der Waals surface area contributed by atoms with E-state index in [1.54, 1.807) is 0 Å². The van der Waals surface area contributed by atoms with Gasteiger partial charge in [0.2, 0.25) is 5.66 Å². The minimum atomic E-state index is -0.424. The van der Waals surface area contributed by atoms with Gasteiger partial charge in [-0.15, -0.1) is 0 Å². The van der Waals surface area contributed by atoms with Crippen LogP contribution in [0.15, 0.2) is 10.2 Å². The molecule has 0 aromatic heterocycles. The summed E-state index contributed by atoms with van der Waals surface area (Å²) in [4.78, 5) is 11.6. The van der Waals surface area contributed by atoms with Crippen LogP contribution in [0.1, 0.15) is 27.2 Å². The average molecular weight is 197 g/mol. The van der Waals surface area contributed by atoms with Gasteiger partial charge in [-0.25, -0.2) is 0 Å². The summed E-state index contributed by atoms with van der Waals surface area (Å²) in [5, 5.41) is 10.9. The first-order valence-electron chi connectivity index (χ1n) is 4.81. The summed E-state index contributed by atoms with van der Waals surface area (Å²) < 4.78 is 5.26. The topological polar surface area (TPSA) is 63.0 Å². The SMILES string of the molecule is CC(C)(C)OC(=O)[C@@H]1CC2(CN1)N=N2. The first-order chi connectivity index (χ1) is 6.40. The molecule has 0 aromatic rings. The normalized spacial score (nSPS) is 28.1. The van der Waals surface area contributed by atoms with E-state index in [0.29, 0.717) is 13.0 Å². The van der Waals surface area contributed by atoms with Gasteiger partial charge in [0.25, 0.3) is 0 Å². The quantitative estimate of drug-likeness (QED) is 0.634. The highest BCUT2D eigenvalue weighted by molar-refractivity contribution is 5.77. The molecule has 2 aliphatic rings. The number of carbonyl (C=O) groups is 1. The van der Waals surface area contributed by atoms with E-state index in [1.165, 1.54) is 0 Å². The van der Waals surface area contributed by atoms with Crippen LogP contribution in [-0.2, 0) is 9.53 Å². The van der Waals surface area contributed by atoms with Gasteiger partial charge < -0.3 is 4.74 Å². The largest absolute Gasteiger partial charge is 0.459 e. The van der Waals surface area contributed by atoms with E-state index in [9.17, 15) is 4.79 Å². The predicted octanol–water partition coefficient (Wildman–Crippen LogP) is 0.852. The zero-order valence-corrected chi connectivity index (χ0v) is 8.70. The maximum Gasteiger partial charge on any atom is 0.323 e. The van der Waals surface area contributed by atoms with Gasteiger partial charge in [-0.3, -0.25) is 10.1 Å². The van der Waals surface area contributed by atoms with E-state index in [2.05, 4.69) is 15.5 Å². The third kappa shape index (κ3) is 1.92. The Morgan fingerprint density at radius 3 is 2.57 bits per heavy atom. The molecule has 0 amide bonds. The van der Waals surface area contributed by atoms with Crippen molar-refractivity contribution >= 4 is 5.97 Å². The lowest BCUT2D eigenvalue weighted by Gasteiger charge is -2.21. The van der Waals surface area contributed by atoms with Crippen LogP contribution in [0, 0.1) is 0 Å². The van der Waals surface area contributed by atoms with Crippen molar-refractivity contribution in [2.24, 2.45) is 10.2 Å². The summed E-state index contributed by atoms with van der Waals surface area (Å²) >= 11 is 0. The standard InChI is InChI=1S/C9H15N3O2/c1-8(2,3)14-7(13)6-4-9(5-10-6)11-12-9/h6,10H,4-5H2,1-3H3/t6-/m0/s1. The lowest BCUT2D eigenvalue weighted by Crippen LogP contribution is -2.37. The Kier molecular flexibility index (Phi) is 1.89. The van der Waals surface area contributed by atoms with Crippen LogP contribution in [-0.4, -0.2) is 29.8 Å². The Labute approximate surface area is 82.9 Å². The Balaban J connectivity index is 1.87.